The van der Waals surface area contributed by atoms with Crippen molar-refractivity contribution in [1.82, 2.24) is 15.5 Å². The van der Waals surface area contributed by atoms with Gasteiger partial charge in [0.25, 0.3) is 0 Å². The summed E-state index contributed by atoms with van der Waals surface area (Å²) in [5.74, 6) is 1.44. The van der Waals surface area contributed by atoms with E-state index in [1.807, 2.05) is 12.1 Å². The lowest BCUT2D eigenvalue weighted by Gasteiger charge is -2.29. The van der Waals surface area contributed by atoms with Gasteiger partial charge in [-0.15, -0.1) is 5.10 Å². The van der Waals surface area contributed by atoms with Gasteiger partial charge in [-0.3, -0.25) is 0 Å². The molecule has 1 N–H and O–H groups in total. The molecule has 1 aliphatic carbocycles. The van der Waals surface area contributed by atoms with Crippen LogP contribution in [-0.2, 0) is 0 Å². The Morgan fingerprint density at radius 2 is 2.24 bits per heavy atom. The molecule has 1 aromatic heterocycles. The fourth-order valence-electron chi connectivity index (χ4n) is 2.24. The van der Waals surface area contributed by atoms with Crippen LogP contribution in [-0.4, -0.2) is 23.9 Å². The van der Waals surface area contributed by atoms with Gasteiger partial charge >= 0.3 is 0 Å². The van der Waals surface area contributed by atoms with Gasteiger partial charge in [-0.25, -0.2) is 0 Å². The van der Waals surface area contributed by atoms with Crippen LogP contribution in [0.3, 0.4) is 0 Å². The molecule has 0 aromatic carbocycles. The average molecular weight is 235 g/mol. The molecule has 1 heterocycles. The molecular formula is C13H21N3O. The number of nitrogens with one attached hydrogen (secondary N) is 1. The number of nitrogens with zero attached hydrogens (tertiary/aromatic N) is 2. The molecule has 1 atom stereocenters. The van der Waals surface area contributed by atoms with Gasteiger partial charge < -0.3 is 10.1 Å². The summed E-state index contributed by atoms with van der Waals surface area (Å²) in [6, 6.07) is 4.23. The maximum Gasteiger partial charge on any atom is 0.233 e. The van der Waals surface area contributed by atoms with Crippen LogP contribution in [0.4, 0.5) is 0 Å². The maximum absolute atomic E-state index is 5.03. The molecule has 1 fully saturated rings. The predicted molar refractivity (Wildman–Crippen MR) is 67.0 cm³/mol. The van der Waals surface area contributed by atoms with Crippen LogP contribution >= 0.6 is 0 Å². The highest BCUT2D eigenvalue weighted by atomic mass is 16.5. The van der Waals surface area contributed by atoms with Crippen molar-refractivity contribution in [3.8, 4) is 5.88 Å². The Balaban J connectivity index is 2.01. The van der Waals surface area contributed by atoms with Gasteiger partial charge in [-0.1, -0.05) is 26.2 Å². The van der Waals surface area contributed by atoms with Crippen molar-refractivity contribution in [3.05, 3.63) is 17.8 Å². The van der Waals surface area contributed by atoms with Crippen molar-refractivity contribution < 1.29 is 4.74 Å². The number of hydrogen-bond donors (Lipinski definition) is 1. The van der Waals surface area contributed by atoms with Crippen molar-refractivity contribution in [2.45, 2.75) is 38.6 Å². The van der Waals surface area contributed by atoms with Gasteiger partial charge in [0, 0.05) is 6.07 Å². The summed E-state index contributed by atoms with van der Waals surface area (Å²) < 4.78 is 5.03. The zero-order chi connectivity index (χ0) is 12.1. The Morgan fingerprint density at radius 1 is 1.41 bits per heavy atom. The quantitative estimate of drug-likeness (QED) is 0.822. The Bertz CT molecular complexity index is 335. The molecule has 2 rings (SSSR count). The van der Waals surface area contributed by atoms with E-state index in [9.17, 15) is 0 Å². The van der Waals surface area contributed by atoms with Crippen molar-refractivity contribution in [3.63, 3.8) is 0 Å². The van der Waals surface area contributed by atoms with E-state index in [4.69, 9.17) is 4.74 Å². The van der Waals surface area contributed by atoms with Crippen LogP contribution in [0.25, 0.3) is 0 Å². The van der Waals surface area contributed by atoms with Crippen LogP contribution in [0.5, 0.6) is 5.88 Å². The lowest BCUT2D eigenvalue weighted by Crippen LogP contribution is -2.26. The lowest BCUT2D eigenvalue weighted by molar-refractivity contribution is 0.259. The molecule has 94 valence electrons. The standard InChI is InChI=1S/C13H21N3O/c1-3-14-12(9-10-5-4-6-10)11-7-8-13(17-2)16-15-11/h7-8,10,12,14H,3-6,9H2,1-2H3. The highest BCUT2D eigenvalue weighted by Gasteiger charge is 2.23. The minimum Gasteiger partial charge on any atom is -0.480 e. The van der Waals surface area contributed by atoms with Gasteiger partial charge in [-0.2, -0.15) is 5.10 Å². The van der Waals surface area contributed by atoms with Crippen LogP contribution in [0, 0.1) is 5.92 Å². The van der Waals surface area contributed by atoms with E-state index in [1.165, 1.54) is 25.7 Å². The molecule has 0 bridgehead atoms. The molecule has 4 nitrogen and oxygen atoms in total. The monoisotopic (exact) mass is 235 g/mol. The van der Waals surface area contributed by atoms with Crippen molar-refractivity contribution in [1.29, 1.82) is 0 Å². The van der Waals surface area contributed by atoms with Crippen LogP contribution < -0.4 is 10.1 Å². The van der Waals surface area contributed by atoms with Crippen molar-refractivity contribution in [2.24, 2.45) is 5.92 Å². The summed E-state index contributed by atoms with van der Waals surface area (Å²) >= 11 is 0. The Morgan fingerprint density at radius 3 is 2.71 bits per heavy atom. The molecule has 4 heteroatoms. The molecule has 0 saturated heterocycles. The number of aromatic nitrogens is 2. The molecular weight excluding hydrogens is 214 g/mol. The third kappa shape index (κ3) is 3.16. The Labute approximate surface area is 103 Å². The summed E-state index contributed by atoms with van der Waals surface area (Å²) in [7, 11) is 1.61. The summed E-state index contributed by atoms with van der Waals surface area (Å²) in [5.41, 5.74) is 1.03. The fraction of sp³-hybridized carbons (Fsp3) is 0.692. The topological polar surface area (TPSA) is 47.0 Å². The fourth-order valence-corrected chi connectivity index (χ4v) is 2.24. The van der Waals surface area contributed by atoms with E-state index in [0.29, 0.717) is 11.9 Å². The van der Waals surface area contributed by atoms with Crippen LogP contribution in [0.15, 0.2) is 12.1 Å². The molecule has 1 aliphatic rings. The molecule has 0 aliphatic heterocycles. The summed E-state index contributed by atoms with van der Waals surface area (Å²) in [6.45, 7) is 3.09. The minimum absolute atomic E-state index is 0.337. The van der Waals surface area contributed by atoms with Gasteiger partial charge in [0.15, 0.2) is 0 Å². The number of rotatable bonds is 6. The number of methoxy groups -OCH3 is 1. The first-order valence-electron chi connectivity index (χ1n) is 6.44. The summed E-state index contributed by atoms with van der Waals surface area (Å²) in [4.78, 5) is 0. The Hall–Kier alpha value is -1.16. The average Bonchev–Trinajstić information content (AvgIpc) is 2.32. The molecule has 1 saturated carbocycles. The first-order valence-corrected chi connectivity index (χ1v) is 6.44. The second-order valence-electron chi connectivity index (χ2n) is 4.64. The molecule has 0 radical (unpaired) electrons. The third-order valence-electron chi connectivity index (χ3n) is 3.47. The highest BCUT2D eigenvalue weighted by Crippen LogP contribution is 2.34. The van der Waals surface area contributed by atoms with Gasteiger partial charge in [0.05, 0.1) is 18.8 Å². The zero-order valence-corrected chi connectivity index (χ0v) is 10.6. The van der Waals surface area contributed by atoms with Crippen LogP contribution in [0.2, 0.25) is 0 Å². The van der Waals surface area contributed by atoms with Crippen LogP contribution in [0.1, 0.15) is 44.3 Å². The summed E-state index contributed by atoms with van der Waals surface area (Å²) in [6.07, 6.45) is 5.30. The smallest absolute Gasteiger partial charge is 0.233 e. The third-order valence-corrected chi connectivity index (χ3v) is 3.47. The first-order chi connectivity index (χ1) is 8.33. The van der Waals surface area contributed by atoms with Gasteiger partial charge in [-0.05, 0) is 24.9 Å². The van der Waals surface area contributed by atoms with E-state index >= 15 is 0 Å². The zero-order valence-electron chi connectivity index (χ0n) is 10.6. The van der Waals surface area contributed by atoms with E-state index in [-0.39, 0.29) is 0 Å². The van der Waals surface area contributed by atoms with Gasteiger partial charge in [0.1, 0.15) is 0 Å². The van der Waals surface area contributed by atoms with E-state index in [0.717, 1.165) is 18.2 Å². The number of hydrogen-bond acceptors (Lipinski definition) is 4. The van der Waals surface area contributed by atoms with E-state index < -0.39 is 0 Å². The van der Waals surface area contributed by atoms with E-state index in [1.54, 1.807) is 7.11 Å². The maximum atomic E-state index is 5.03. The highest BCUT2D eigenvalue weighted by molar-refractivity contribution is 5.14. The molecule has 1 unspecified atom stereocenters. The molecule has 0 spiro atoms. The van der Waals surface area contributed by atoms with Gasteiger partial charge in [0.2, 0.25) is 5.88 Å². The number of ether oxygens (including phenoxy) is 1. The largest absolute Gasteiger partial charge is 0.480 e. The van der Waals surface area contributed by atoms with Crippen molar-refractivity contribution >= 4 is 0 Å². The second-order valence-corrected chi connectivity index (χ2v) is 4.64. The lowest BCUT2D eigenvalue weighted by atomic mass is 9.80. The second kappa shape index (κ2) is 5.96. The normalized spacial score (nSPS) is 17.5. The summed E-state index contributed by atoms with van der Waals surface area (Å²) in [5, 5.41) is 11.8. The molecule has 0 amide bonds. The minimum atomic E-state index is 0.337. The molecule has 17 heavy (non-hydrogen) atoms. The molecule has 1 aromatic rings. The first kappa shape index (κ1) is 12.3. The SMILES string of the molecule is CCNC(CC1CCC1)c1ccc(OC)nn1. The predicted octanol–water partition coefficient (Wildman–Crippen LogP) is 2.33. The van der Waals surface area contributed by atoms with E-state index in [2.05, 4.69) is 22.4 Å². The Kier molecular flexibility index (Phi) is 4.31. The van der Waals surface area contributed by atoms with Crippen molar-refractivity contribution in [2.75, 3.05) is 13.7 Å².